The lowest BCUT2D eigenvalue weighted by Gasteiger charge is -2.20. The van der Waals surface area contributed by atoms with Gasteiger partial charge in [-0.1, -0.05) is 47.7 Å². The summed E-state index contributed by atoms with van der Waals surface area (Å²) in [5.74, 6) is 0. The van der Waals surface area contributed by atoms with Crippen LogP contribution in [0.25, 0.3) is 0 Å². The largest absolute Gasteiger partial charge is 0.320 e. The normalized spacial score (nSPS) is 21.6. The van der Waals surface area contributed by atoms with Crippen molar-refractivity contribution in [2.75, 3.05) is 0 Å². The van der Waals surface area contributed by atoms with E-state index in [0.29, 0.717) is 10.0 Å². The number of hydrogen-bond donors (Lipinski definition) is 1. The van der Waals surface area contributed by atoms with E-state index in [1.807, 2.05) is 12.1 Å². The van der Waals surface area contributed by atoms with Crippen molar-refractivity contribution in [2.24, 2.45) is 5.73 Å². The first-order valence-electron chi connectivity index (χ1n) is 6.58. The van der Waals surface area contributed by atoms with Gasteiger partial charge in [0, 0.05) is 10.0 Å². The molecular formula is C15H19Cl2N. The van der Waals surface area contributed by atoms with Crippen molar-refractivity contribution in [1.82, 2.24) is 0 Å². The van der Waals surface area contributed by atoms with Crippen LogP contribution in [-0.4, -0.2) is 0 Å². The maximum atomic E-state index is 6.35. The Kier molecular flexibility index (Phi) is 5.11. The molecule has 1 unspecified atom stereocenters. The first kappa shape index (κ1) is 13.9. The van der Waals surface area contributed by atoms with Gasteiger partial charge in [0.1, 0.15) is 0 Å². The van der Waals surface area contributed by atoms with Crippen LogP contribution in [0, 0.1) is 0 Å². The molecule has 0 amide bonds. The summed E-state index contributed by atoms with van der Waals surface area (Å²) in [6.07, 6.45) is 9.60. The Morgan fingerprint density at radius 3 is 2.67 bits per heavy atom. The minimum atomic E-state index is -0.116. The van der Waals surface area contributed by atoms with Gasteiger partial charge in [0.2, 0.25) is 0 Å². The maximum Gasteiger partial charge on any atom is 0.0526 e. The van der Waals surface area contributed by atoms with E-state index in [-0.39, 0.29) is 6.04 Å². The number of allylic oxidation sites excluding steroid dienone is 1. The van der Waals surface area contributed by atoms with Gasteiger partial charge in [0.05, 0.1) is 6.04 Å². The zero-order valence-electron chi connectivity index (χ0n) is 10.5. The zero-order valence-corrected chi connectivity index (χ0v) is 12.0. The number of halogens is 2. The number of hydrogen-bond acceptors (Lipinski definition) is 1. The summed E-state index contributed by atoms with van der Waals surface area (Å²) < 4.78 is 0. The Bertz CT molecular complexity index is 440. The molecule has 98 valence electrons. The lowest BCUT2D eigenvalue weighted by atomic mass is 9.91. The van der Waals surface area contributed by atoms with E-state index in [2.05, 4.69) is 6.08 Å². The van der Waals surface area contributed by atoms with Crippen molar-refractivity contribution in [3.05, 3.63) is 45.5 Å². The standard InChI is InChI=1S/C15H19Cl2N/c16-12-8-9-14(17)13(10-12)15(18)11-6-4-2-1-3-5-7-11/h6,8-10,15H,1-5,7,18H2/b11-6+. The Labute approximate surface area is 119 Å². The Morgan fingerprint density at radius 2 is 1.83 bits per heavy atom. The minimum absolute atomic E-state index is 0.116. The second-order valence-corrected chi connectivity index (χ2v) is 5.72. The highest BCUT2D eigenvalue weighted by Gasteiger charge is 2.16. The van der Waals surface area contributed by atoms with Gasteiger partial charge in [-0.15, -0.1) is 0 Å². The molecule has 0 heterocycles. The SMILES string of the molecule is NC(/C1=C/CCCCCC1)c1cc(Cl)ccc1Cl. The second-order valence-electron chi connectivity index (χ2n) is 4.88. The van der Waals surface area contributed by atoms with Crippen LogP contribution < -0.4 is 5.73 Å². The van der Waals surface area contributed by atoms with Gasteiger partial charge in [-0.2, -0.15) is 0 Å². The molecule has 1 atom stereocenters. The molecule has 1 aliphatic rings. The van der Waals surface area contributed by atoms with E-state index in [0.717, 1.165) is 18.4 Å². The molecule has 1 aliphatic carbocycles. The van der Waals surface area contributed by atoms with Gasteiger partial charge in [-0.25, -0.2) is 0 Å². The average molecular weight is 284 g/mol. The molecule has 0 bridgehead atoms. The lowest BCUT2D eigenvalue weighted by molar-refractivity contribution is 0.602. The Balaban J connectivity index is 2.23. The number of nitrogens with two attached hydrogens (primary N) is 1. The van der Waals surface area contributed by atoms with Gasteiger partial charge in [-0.05, 0) is 49.4 Å². The summed E-state index contributed by atoms with van der Waals surface area (Å²) in [5.41, 5.74) is 8.59. The Morgan fingerprint density at radius 1 is 1.06 bits per heavy atom. The average Bonchev–Trinajstić information content (AvgIpc) is 2.31. The van der Waals surface area contributed by atoms with Gasteiger partial charge in [-0.3, -0.25) is 0 Å². The molecule has 0 fully saturated rings. The molecule has 3 heteroatoms. The van der Waals surface area contributed by atoms with Crippen molar-refractivity contribution in [1.29, 1.82) is 0 Å². The van der Waals surface area contributed by atoms with Gasteiger partial charge in [0.25, 0.3) is 0 Å². The molecule has 0 aliphatic heterocycles. The highest BCUT2D eigenvalue weighted by molar-refractivity contribution is 6.33. The topological polar surface area (TPSA) is 26.0 Å². The van der Waals surface area contributed by atoms with Crippen LogP contribution in [0.2, 0.25) is 10.0 Å². The molecule has 0 aromatic heterocycles. The molecule has 0 radical (unpaired) electrons. The molecule has 1 aromatic carbocycles. The predicted octanol–water partition coefficient (Wildman–Crippen LogP) is 5.27. The van der Waals surface area contributed by atoms with Gasteiger partial charge in [0.15, 0.2) is 0 Å². The first-order chi connectivity index (χ1) is 8.68. The monoisotopic (exact) mass is 283 g/mol. The zero-order chi connectivity index (χ0) is 13.0. The lowest BCUT2D eigenvalue weighted by Crippen LogP contribution is -2.14. The smallest absolute Gasteiger partial charge is 0.0526 e. The van der Waals surface area contributed by atoms with Crippen molar-refractivity contribution in [3.63, 3.8) is 0 Å². The van der Waals surface area contributed by atoms with Crippen LogP contribution >= 0.6 is 23.2 Å². The Hall–Kier alpha value is -0.500. The van der Waals surface area contributed by atoms with E-state index in [1.165, 1.54) is 31.3 Å². The quantitative estimate of drug-likeness (QED) is 0.735. The molecular weight excluding hydrogens is 265 g/mol. The van der Waals surface area contributed by atoms with Crippen molar-refractivity contribution >= 4 is 23.2 Å². The number of benzene rings is 1. The molecule has 1 nitrogen and oxygen atoms in total. The van der Waals surface area contributed by atoms with E-state index in [4.69, 9.17) is 28.9 Å². The van der Waals surface area contributed by atoms with Crippen molar-refractivity contribution < 1.29 is 0 Å². The fourth-order valence-electron chi connectivity index (χ4n) is 2.45. The maximum absolute atomic E-state index is 6.35. The second kappa shape index (κ2) is 6.60. The van der Waals surface area contributed by atoms with Crippen LogP contribution in [0.3, 0.4) is 0 Å². The predicted molar refractivity (Wildman–Crippen MR) is 79.2 cm³/mol. The minimum Gasteiger partial charge on any atom is -0.320 e. The van der Waals surface area contributed by atoms with E-state index in [1.54, 1.807) is 6.07 Å². The molecule has 0 saturated carbocycles. The summed E-state index contributed by atoms with van der Waals surface area (Å²) in [5, 5.41) is 1.39. The van der Waals surface area contributed by atoms with Gasteiger partial charge < -0.3 is 5.73 Å². The third-order valence-electron chi connectivity index (χ3n) is 3.52. The van der Waals surface area contributed by atoms with Crippen molar-refractivity contribution in [2.45, 2.75) is 44.6 Å². The molecule has 18 heavy (non-hydrogen) atoms. The van der Waals surface area contributed by atoms with E-state index >= 15 is 0 Å². The fraction of sp³-hybridized carbons (Fsp3) is 0.467. The molecule has 0 saturated heterocycles. The summed E-state index contributed by atoms with van der Waals surface area (Å²) >= 11 is 12.2. The van der Waals surface area contributed by atoms with Crippen LogP contribution in [0.1, 0.15) is 50.1 Å². The van der Waals surface area contributed by atoms with Crippen LogP contribution in [0.5, 0.6) is 0 Å². The van der Waals surface area contributed by atoms with Crippen LogP contribution in [0.4, 0.5) is 0 Å². The molecule has 0 spiro atoms. The molecule has 2 N–H and O–H groups in total. The van der Waals surface area contributed by atoms with Crippen LogP contribution in [0.15, 0.2) is 29.8 Å². The van der Waals surface area contributed by atoms with Crippen LogP contribution in [-0.2, 0) is 0 Å². The highest BCUT2D eigenvalue weighted by Crippen LogP contribution is 2.32. The summed E-state index contributed by atoms with van der Waals surface area (Å²) in [6, 6.07) is 5.39. The van der Waals surface area contributed by atoms with Gasteiger partial charge >= 0.3 is 0 Å². The third kappa shape index (κ3) is 3.50. The summed E-state index contributed by atoms with van der Waals surface area (Å²) in [4.78, 5) is 0. The van der Waals surface area contributed by atoms with Crippen molar-refractivity contribution in [3.8, 4) is 0 Å². The third-order valence-corrected chi connectivity index (χ3v) is 4.10. The van der Waals surface area contributed by atoms with E-state index < -0.39 is 0 Å². The molecule has 1 aromatic rings. The number of rotatable bonds is 2. The molecule has 2 rings (SSSR count). The highest BCUT2D eigenvalue weighted by atomic mass is 35.5. The van der Waals surface area contributed by atoms with E-state index in [9.17, 15) is 0 Å². The first-order valence-corrected chi connectivity index (χ1v) is 7.33. The summed E-state index contributed by atoms with van der Waals surface area (Å²) in [6.45, 7) is 0. The fourth-order valence-corrected chi connectivity index (χ4v) is 2.87. The summed E-state index contributed by atoms with van der Waals surface area (Å²) in [7, 11) is 0.